The maximum absolute atomic E-state index is 5.94. The Bertz CT molecular complexity index is 584. The number of rotatable bonds is 8. The molecule has 118 valence electrons. The van der Waals surface area contributed by atoms with E-state index in [0.29, 0.717) is 24.8 Å². The van der Waals surface area contributed by atoms with Gasteiger partial charge in [-0.2, -0.15) is 0 Å². The molecule has 0 atom stereocenters. The highest BCUT2D eigenvalue weighted by Crippen LogP contribution is 2.22. The lowest BCUT2D eigenvalue weighted by Gasteiger charge is -2.12. The van der Waals surface area contributed by atoms with Crippen molar-refractivity contribution in [2.45, 2.75) is 26.3 Å². The summed E-state index contributed by atoms with van der Waals surface area (Å²) in [5.41, 5.74) is 7.92. The van der Waals surface area contributed by atoms with Crippen LogP contribution in [0.2, 0.25) is 5.02 Å². The number of nitrogens with two attached hydrogens (primary N) is 1. The van der Waals surface area contributed by atoms with E-state index >= 15 is 0 Å². The SMILES string of the molecule is CCCc1ccc(OCCOc2ccc(Cl)cc2CN)cc1. The van der Waals surface area contributed by atoms with E-state index in [2.05, 4.69) is 19.1 Å². The van der Waals surface area contributed by atoms with Gasteiger partial charge >= 0.3 is 0 Å². The van der Waals surface area contributed by atoms with Crippen LogP contribution < -0.4 is 15.2 Å². The molecule has 2 rings (SSSR count). The Morgan fingerprint density at radius 3 is 2.41 bits per heavy atom. The zero-order valence-electron chi connectivity index (χ0n) is 12.8. The van der Waals surface area contributed by atoms with Crippen molar-refractivity contribution < 1.29 is 9.47 Å². The first-order chi connectivity index (χ1) is 10.7. The smallest absolute Gasteiger partial charge is 0.124 e. The second-order valence-corrected chi connectivity index (χ2v) is 5.48. The Morgan fingerprint density at radius 1 is 1.00 bits per heavy atom. The molecule has 0 aliphatic rings. The van der Waals surface area contributed by atoms with Crippen LogP contribution in [-0.2, 0) is 13.0 Å². The summed E-state index contributed by atoms with van der Waals surface area (Å²) in [5, 5.41) is 0.663. The Balaban J connectivity index is 1.79. The number of hydrogen-bond acceptors (Lipinski definition) is 3. The van der Waals surface area contributed by atoms with Gasteiger partial charge in [0, 0.05) is 17.1 Å². The van der Waals surface area contributed by atoms with Crippen LogP contribution in [0.1, 0.15) is 24.5 Å². The third-order valence-electron chi connectivity index (χ3n) is 3.31. The number of halogens is 1. The molecule has 0 bridgehead atoms. The molecule has 0 aliphatic heterocycles. The van der Waals surface area contributed by atoms with Gasteiger partial charge in [-0.15, -0.1) is 0 Å². The molecule has 4 heteroatoms. The van der Waals surface area contributed by atoms with Crippen molar-refractivity contribution in [1.82, 2.24) is 0 Å². The molecule has 0 aromatic heterocycles. The van der Waals surface area contributed by atoms with Gasteiger partial charge in [0.2, 0.25) is 0 Å². The summed E-state index contributed by atoms with van der Waals surface area (Å²) >= 11 is 5.94. The van der Waals surface area contributed by atoms with Gasteiger partial charge in [-0.05, 0) is 42.3 Å². The van der Waals surface area contributed by atoms with Crippen LogP contribution in [0, 0.1) is 0 Å². The first-order valence-corrected chi connectivity index (χ1v) is 7.93. The van der Waals surface area contributed by atoms with Crippen LogP contribution in [-0.4, -0.2) is 13.2 Å². The van der Waals surface area contributed by atoms with Crippen molar-refractivity contribution in [3.05, 3.63) is 58.6 Å². The Morgan fingerprint density at radius 2 is 1.73 bits per heavy atom. The minimum atomic E-state index is 0.398. The highest BCUT2D eigenvalue weighted by molar-refractivity contribution is 6.30. The van der Waals surface area contributed by atoms with Crippen LogP contribution in [0.4, 0.5) is 0 Å². The maximum atomic E-state index is 5.94. The van der Waals surface area contributed by atoms with E-state index in [1.807, 2.05) is 24.3 Å². The summed E-state index contributed by atoms with van der Waals surface area (Å²) in [4.78, 5) is 0. The van der Waals surface area contributed by atoms with Gasteiger partial charge in [0.15, 0.2) is 0 Å². The van der Waals surface area contributed by atoms with Crippen LogP contribution in [0.15, 0.2) is 42.5 Å². The van der Waals surface area contributed by atoms with Crippen LogP contribution in [0.3, 0.4) is 0 Å². The second kappa shape index (κ2) is 8.66. The minimum absolute atomic E-state index is 0.398. The van der Waals surface area contributed by atoms with E-state index in [4.69, 9.17) is 26.8 Å². The fourth-order valence-corrected chi connectivity index (χ4v) is 2.40. The number of aryl methyl sites for hydroxylation is 1. The normalized spacial score (nSPS) is 10.5. The summed E-state index contributed by atoms with van der Waals surface area (Å²) < 4.78 is 11.4. The molecular formula is C18H22ClNO2. The first kappa shape index (κ1) is 16.7. The quantitative estimate of drug-likeness (QED) is 0.741. The number of benzene rings is 2. The molecule has 0 amide bonds. The molecule has 0 fully saturated rings. The Hall–Kier alpha value is -1.71. The molecule has 0 heterocycles. The minimum Gasteiger partial charge on any atom is -0.490 e. The van der Waals surface area contributed by atoms with Gasteiger partial charge in [0.05, 0.1) is 0 Å². The molecule has 0 spiro atoms. The number of hydrogen-bond donors (Lipinski definition) is 1. The van der Waals surface area contributed by atoms with Gasteiger partial charge in [-0.3, -0.25) is 0 Å². The second-order valence-electron chi connectivity index (χ2n) is 5.05. The van der Waals surface area contributed by atoms with E-state index in [9.17, 15) is 0 Å². The molecule has 0 saturated heterocycles. The third-order valence-corrected chi connectivity index (χ3v) is 3.55. The third kappa shape index (κ3) is 4.93. The topological polar surface area (TPSA) is 44.5 Å². The van der Waals surface area contributed by atoms with Gasteiger partial charge in [0.25, 0.3) is 0 Å². The van der Waals surface area contributed by atoms with Crippen LogP contribution in [0.5, 0.6) is 11.5 Å². The maximum Gasteiger partial charge on any atom is 0.124 e. The molecule has 2 aromatic rings. The predicted octanol–water partition coefficient (Wildman–Crippen LogP) is 4.21. The highest BCUT2D eigenvalue weighted by atomic mass is 35.5. The molecule has 0 unspecified atom stereocenters. The monoisotopic (exact) mass is 319 g/mol. The zero-order valence-corrected chi connectivity index (χ0v) is 13.6. The zero-order chi connectivity index (χ0) is 15.8. The van der Waals surface area contributed by atoms with Crippen molar-refractivity contribution in [3.8, 4) is 11.5 Å². The molecule has 22 heavy (non-hydrogen) atoms. The molecule has 0 aliphatic carbocycles. The lowest BCUT2D eigenvalue weighted by Crippen LogP contribution is -2.11. The van der Waals surface area contributed by atoms with Gasteiger partial charge in [0.1, 0.15) is 24.7 Å². The van der Waals surface area contributed by atoms with Gasteiger partial charge < -0.3 is 15.2 Å². The van der Waals surface area contributed by atoms with Crippen molar-refractivity contribution in [2.24, 2.45) is 5.73 Å². The van der Waals surface area contributed by atoms with E-state index in [-0.39, 0.29) is 0 Å². The molecular weight excluding hydrogens is 298 g/mol. The Labute approximate surface area is 137 Å². The predicted molar refractivity (Wildman–Crippen MR) is 90.8 cm³/mol. The fourth-order valence-electron chi connectivity index (χ4n) is 2.20. The van der Waals surface area contributed by atoms with Crippen molar-refractivity contribution in [2.75, 3.05) is 13.2 Å². The van der Waals surface area contributed by atoms with Crippen LogP contribution >= 0.6 is 11.6 Å². The molecule has 0 radical (unpaired) electrons. The summed E-state index contributed by atoms with van der Waals surface area (Å²) in [7, 11) is 0. The van der Waals surface area contributed by atoms with Crippen molar-refractivity contribution in [1.29, 1.82) is 0 Å². The van der Waals surface area contributed by atoms with E-state index in [1.165, 1.54) is 5.56 Å². The van der Waals surface area contributed by atoms with Crippen molar-refractivity contribution >= 4 is 11.6 Å². The largest absolute Gasteiger partial charge is 0.490 e. The van der Waals surface area contributed by atoms with Crippen LogP contribution in [0.25, 0.3) is 0 Å². The molecule has 3 nitrogen and oxygen atoms in total. The van der Waals surface area contributed by atoms with Gasteiger partial charge in [-0.25, -0.2) is 0 Å². The molecule has 2 N–H and O–H groups in total. The van der Waals surface area contributed by atoms with E-state index in [1.54, 1.807) is 6.07 Å². The lowest BCUT2D eigenvalue weighted by atomic mass is 10.1. The summed E-state index contributed by atoms with van der Waals surface area (Å²) in [6.45, 7) is 3.52. The first-order valence-electron chi connectivity index (χ1n) is 7.56. The summed E-state index contributed by atoms with van der Waals surface area (Å²) in [5.74, 6) is 1.62. The average Bonchev–Trinajstić information content (AvgIpc) is 2.54. The average molecular weight is 320 g/mol. The van der Waals surface area contributed by atoms with Crippen molar-refractivity contribution in [3.63, 3.8) is 0 Å². The molecule has 0 saturated carbocycles. The number of ether oxygens (including phenoxy) is 2. The van der Waals surface area contributed by atoms with Gasteiger partial charge in [-0.1, -0.05) is 37.1 Å². The standard InChI is InChI=1S/C18H22ClNO2/c1-2-3-14-4-7-17(8-5-14)21-10-11-22-18-9-6-16(19)12-15(18)13-20/h4-9,12H,2-3,10-11,13,20H2,1H3. The Kier molecular flexibility index (Phi) is 6.56. The lowest BCUT2D eigenvalue weighted by molar-refractivity contribution is 0.216. The summed E-state index contributed by atoms with van der Waals surface area (Å²) in [6.07, 6.45) is 2.25. The van der Waals surface area contributed by atoms with E-state index in [0.717, 1.165) is 29.9 Å². The fraction of sp³-hybridized carbons (Fsp3) is 0.333. The highest BCUT2D eigenvalue weighted by Gasteiger charge is 2.03. The summed E-state index contributed by atoms with van der Waals surface area (Å²) in [6, 6.07) is 13.7. The molecule has 2 aromatic carbocycles. The van der Waals surface area contributed by atoms with E-state index < -0.39 is 0 Å².